The topological polar surface area (TPSA) is 97.3 Å². The second-order valence-corrected chi connectivity index (χ2v) is 6.47. The minimum Gasteiger partial charge on any atom is -0.478 e. The fourth-order valence-electron chi connectivity index (χ4n) is 3.23. The van der Waals surface area contributed by atoms with E-state index in [4.69, 9.17) is 19.6 Å². The molecule has 0 spiro atoms. The average molecular weight is 385 g/mol. The number of hydrogen-bond donors (Lipinski definition) is 2. The van der Waals surface area contributed by atoms with Gasteiger partial charge in [0, 0.05) is 17.3 Å². The highest BCUT2D eigenvalue weighted by Crippen LogP contribution is 2.38. The molecule has 0 fully saturated rings. The second-order valence-electron chi connectivity index (χ2n) is 6.47. The Morgan fingerprint density at radius 1 is 0.966 bits per heavy atom. The summed E-state index contributed by atoms with van der Waals surface area (Å²) in [6, 6.07) is 17.9. The third-order valence-corrected chi connectivity index (χ3v) is 4.68. The minimum absolute atomic E-state index is 0.202. The maximum Gasteiger partial charge on any atom is 0.335 e. The lowest BCUT2D eigenvalue weighted by Crippen LogP contribution is -1.95. The third-order valence-electron chi connectivity index (χ3n) is 4.68. The Morgan fingerprint density at radius 3 is 2.52 bits per heavy atom. The number of carboxylic acids is 1. The molecule has 1 aliphatic rings. The van der Waals surface area contributed by atoms with E-state index in [1.165, 1.54) is 0 Å². The molecule has 2 aromatic heterocycles. The number of carbonyl (C=O) groups is 1. The summed E-state index contributed by atoms with van der Waals surface area (Å²) in [4.78, 5) is 23.7. The van der Waals surface area contributed by atoms with Crippen LogP contribution < -0.4 is 9.47 Å². The third kappa shape index (κ3) is 3.08. The van der Waals surface area contributed by atoms with Gasteiger partial charge in [-0.2, -0.15) is 0 Å². The summed E-state index contributed by atoms with van der Waals surface area (Å²) in [6.45, 7) is 0.202. The van der Waals surface area contributed by atoms with E-state index >= 15 is 0 Å². The molecule has 7 heteroatoms. The van der Waals surface area contributed by atoms with Gasteiger partial charge in [-0.3, -0.25) is 4.98 Å². The monoisotopic (exact) mass is 385 g/mol. The highest BCUT2D eigenvalue weighted by Gasteiger charge is 2.20. The molecular formula is C22H15N3O4. The Balaban J connectivity index is 1.64. The van der Waals surface area contributed by atoms with E-state index in [1.54, 1.807) is 30.5 Å². The lowest BCUT2D eigenvalue weighted by molar-refractivity contribution is 0.0697. The Bertz CT molecular complexity index is 1200. The minimum atomic E-state index is -0.966. The molecule has 0 saturated carbocycles. The van der Waals surface area contributed by atoms with Gasteiger partial charge < -0.3 is 19.6 Å². The van der Waals surface area contributed by atoms with E-state index < -0.39 is 5.97 Å². The molecule has 2 N–H and O–H groups in total. The maximum absolute atomic E-state index is 11.1. The number of pyridine rings is 1. The molecule has 0 saturated heterocycles. The van der Waals surface area contributed by atoms with Gasteiger partial charge >= 0.3 is 5.97 Å². The lowest BCUT2D eigenvalue weighted by Gasteiger charge is -2.03. The van der Waals surface area contributed by atoms with Gasteiger partial charge in [0.2, 0.25) is 6.79 Å². The molecule has 0 unspecified atom stereocenters. The van der Waals surface area contributed by atoms with Crippen molar-refractivity contribution in [3.05, 3.63) is 72.4 Å². The molecule has 29 heavy (non-hydrogen) atoms. The number of nitrogens with one attached hydrogen (secondary N) is 1. The Labute approximate surface area is 165 Å². The first-order chi connectivity index (χ1) is 14.2. The van der Waals surface area contributed by atoms with E-state index in [0.29, 0.717) is 17.3 Å². The van der Waals surface area contributed by atoms with Crippen LogP contribution in [0.4, 0.5) is 0 Å². The predicted molar refractivity (Wildman–Crippen MR) is 106 cm³/mol. The van der Waals surface area contributed by atoms with Crippen LogP contribution in [0.2, 0.25) is 0 Å². The van der Waals surface area contributed by atoms with Crippen molar-refractivity contribution in [3.8, 4) is 45.5 Å². The molecule has 0 aliphatic carbocycles. The zero-order chi connectivity index (χ0) is 19.8. The number of hydrogen-bond acceptors (Lipinski definition) is 5. The van der Waals surface area contributed by atoms with Crippen LogP contribution in [-0.2, 0) is 0 Å². The quantitative estimate of drug-likeness (QED) is 0.546. The van der Waals surface area contributed by atoms with Gasteiger partial charge in [0.15, 0.2) is 11.5 Å². The van der Waals surface area contributed by atoms with E-state index in [1.807, 2.05) is 36.4 Å². The molecule has 5 rings (SSSR count). The van der Waals surface area contributed by atoms with E-state index in [9.17, 15) is 4.79 Å². The van der Waals surface area contributed by atoms with Crippen molar-refractivity contribution in [1.29, 1.82) is 0 Å². The van der Waals surface area contributed by atoms with Crippen LogP contribution in [0.15, 0.2) is 66.9 Å². The van der Waals surface area contributed by atoms with Crippen molar-refractivity contribution in [2.45, 2.75) is 0 Å². The summed E-state index contributed by atoms with van der Waals surface area (Å²) in [5.41, 5.74) is 4.10. The Morgan fingerprint density at radius 2 is 1.76 bits per heavy atom. The maximum atomic E-state index is 11.1. The molecule has 4 aromatic rings. The molecule has 2 aromatic carbocycles. The number of aromatic nitrogens is 3. The number of benzene rings is 2. The first-order valence-corrected chi connectivity index (χ1v) is 8.94. The van der Waals surface area contributed by atoms with Crippen LogP contribution in [-0.4, -0.2) is 32.8 Å². The summed E-state index contributed by atoms with van der Waals surface area (Å²) in [5.74, 6) is 1.03. The van der Waals surface area contributed by atoms with Crippen LogP contribution in [0, 0.1) is 0 Å². The van der Waals surface area contributed by atoms with Gasteiger partial charge in [-0.15, -0.1) is 0 Å². The summed E-state index contributed by atoms with van der Waals surface area (Å²) in [7, 11) is 0. The summed E-state index contributed by atoms with van der Waals surface area (Å²) in [5, 5.41) is 9.11. The molecule has 7 nitrogen and oxygen atoms in total. The van der Waals surface area contributed by atoms with Gasteiger partial charge in [0.05, 0.1) is 22.6 Å². The first-order valence-electron chi connectivity index (χ1n) is 8.94. The number of H-pyrrole nitrogens is 1. The SMILES string of the molecule is O=C(O)c1ccc(-c2nc(-c3ccc4c(c3)OCO4)c(-c3ccccn3)[nH]2)cc1. The van der Waals surface area contributed by atoms with Gasteiger partial charge in [-0.25, -0.2) is 9.78 Å². The molecule has 1 aliphatic heterocycles. The van der Waals surface area contributed by atoms with Crippen molar-refractivity contribution in [3.63, 3.8) is 0 Å². The highest BCUT2D eigenvalue weighted by molar-refractivity contribution is 5.88. The lowest BCUT2D eigenvalue weighted by atomic mass is 10.1. The van der Waals surface area contributed by atoms with Gasteiger partial charge in [-0.05, 0) is 42.5 Å². The van der Waals surface area contributed by atoms with E-state index in [-0.39, 0.29) is 12.4 Å². The molecular weight excluding hydrogens is 370 g/mol. The van der Waals surface area contributed by atoms with Crippen LogP contribution in [0.25, 0.3) is 34.0 Å². The Hall–Kier alpha value is -4.13. The van der Waals surface area contributed by atoms with Gasteiger partial charge in [-0.1, -0.05) is 18.2 Å². The van der Waals surface area contributed by atoms with Crippen molar-refractivity contribution in [2.75, 3.05) is 6.79 Å². The summed E-state index contributed by atoms with van der Waals surface area (Å²) < 4.78 is 10.9. The largest absolute Gasteiger partial charge is 0.478 e. The smallest absolute Gasteiger partial charge is 0.335 e. The van der Waals surface area contributed by atoms with Crippen LogP contribution >= 0.6 is 0 Å². The molecule has 0 bridgehead atoms. The molecule has 3 heterocycles. The van der Waals surface area contributed by atoms with Crippen LogP contribution in [0.3, 0.4) is 0 Å². The fraction of sp³-hybridized carbons (Fsp3) is 0.0455. The summed E-state index contributed by atoms with van der Waals surface area (Å²) in [6.07, 6.45) is 1.72. The van der Waals surface area contributed by atoms with Gasteiger partial charge in [0.25, 0.3) is 0 Å². The van der Waals surface area contributed by atoms with Crippen LogP contribution in [0.5, 0.6) is 11.5 Å². The zero-order valence-corrected chi connectivity index (χ0v) is 15.1. The van der Waals surface area contributed by atoms with E-state index in [0.717, 1.165) is 28.2 Å². The van der Waals surface area contributed by atoms with E-state index in [2.05, 4.69) is 9.97 Å². The Kier molecular flexibility index (Phi) is 3.98. The fourth-order valence-corrected chi connectivity index (χ4v) is 3.23. The molecule has 0 amide bonds. The zero-order valence-electron chi connectivity index (χ0n) is 15.1. The number of aromatic amines is 1. The number of nitrogens with zero attached hydrogens (tertiary/aromatic N) is 2. The normalized spacial score (nSPS) is 12.1. The molecule has 0 atom stereocenters. The number of imidazole rings is 1. The average Bonchev–Trinajstić information content (AvgIpc) is 3.41. The number of aromatic carboxylic acids is 1. The number of fused-ring (bicyclic) bond motifs is 1. The number of rotatable bonds is 4. The summed E-state index contributed by atoms with van der Waals surface area (Å²) >= 11 is 0. The van der Waals surface area contributed by atoms with Crippen LogP contribution in [0.1, 0.15) is 10.4 Å². The number of carboxylic acid groups (broad SMARTS) is 1. The first kappa shape index (κ1) is 17.0. The standard InChI is InChI=1S/C22H15N3O4/c26-22(27)14-6-4-13(5-7-14)21-24-19(20(25-21)16-3-1-2-10-23-16)15-8-9-17-18(11-15)29-12-28-17/h1-11H,12H2,(H,24,25)(H,26,27). The van der Waals surface area contributed by atoms with Crippen molar-refractivity contribution in [1.82, 2.24) is 15.0 Å². The number of ether oxygens (including phenoxy) is 2. The van der Waals surface area contributed by atoms with Gasteiger partial charge in [0.1, 0.15) is 5.82 Å². The second kappa shape index (κ2) is 6.79. The van der Waals surface area contributed by atoms with Crippen molar-refractivity contribution in [2.24, 2.45) is 0 Å². The predicted octanol–water partition coefficient (Wildman–Crippen LogP) is 4.23. The molecule has 0 radical (unpaired) electrons. The highest BCUT2D eigenvalue weighted by atomic mass is 16.7. The van der Waals surface area contributed by atoms with Crippen molar-refractivity contribution >= 4 is 5.97 Å². The molecule has 142 valence electrons. The van der Waals surface area contributed by atoms with Crippen molar-refractivity contribution < 1.29 is 19.4 Å².